The molecule has 4 rings (SSSR count). The second-order valence-electron chi connectivity index (χ2n) is 7.27. The van der Waals surface area contributed by atoms with E-state index < -0.39 is 0 Å². The Hall–Kier alpha value is -2.96. The van der Waals surface area contributed by atoms with Crippen molar-refractivity contribution in [3.63, 3.8) is 0 Å². The molecule has 2 amide bonds. The molecular formula is C21H25N3O4. The van der Waals surface area contributed by atoms with Crippen LogP contribution in [0.15, 0.2) is 47.1 Å². The monoisotopic (exact) mass is 383 g/mol. The van der Waals surface area contributed by atoms with Crippen molar-refractivity contribution in [2.75, 3.05) is 44.7 Å². The third kappa shape index (κ3) is 3.83. The lowest BCUT2D eigenvalue weighted by Crippen LogP contribution is -2.50. The van der Waals surface area contributed by atoms with Crippen molar-refractivity contribution in [1.29, 1.82) is 0 Å². The molecule has 28 heavy (non-hydrogen) atoms. The Kier molecular flexibility index (Phi) is 5.23. The number of rotatable bonds is 5. The molecule has 1 aromatic heterocycles. The SMILES string of the molecule is COc1ccc(N2CCN(C(=O)C3CC(=O)N(Cc4ccco4)C3)CC2)cc1. The smallest absolute Gasteiger partial charge is 0.228 e. The molecule has 0 aliphatic carbocycles. The van der Waals surface area contributed by atoms with Gasteiger partial charge in [0.05, 0.1) is 25.8 Å². The van der Waals surface area contributed by atoms with E-state index in [1.54, 1.807) is 24.3 Å². The number of ether oxygens (including phenoxy) is 1. The van der Waals surface area contributed by atoms with E-state index in [0.29, 0.717) is 26.2 Å². The maximum absolute atomic E-state index is 12.9. The van der Waals surface area contributed by atoms with E-state index in [4.69, 9.17) is 9.15 Å². The number of piperazine rings is 1. The quantitative estimate of drug-likeness (QED) is 0.790. The molecule has 2 aromatic rings. The maximum Gasteiger partial charge on any atom is 0.228 e. The van der Waals surface area contributed by atoms with Crippen molar-refractivity contribution in [2.24, 2.45) is 5.92 Å². The van der Waals surface area contributed by atoms with Crippen molar-refractivity contribution in [3.05, 3.63) is 48.4 Å². The summed E-state index contributed by atoms with van der Waals surface area (Å²) in [6, 6.07) is 11.6. The van der Waals surface area contributed by atoms with Gasteiger partial charge in [0.2, 0.25) is 11.8 Å². The van der Waals surface area contributed by atoms with Gasteiger partial charge in [-0.2, -0.15) is 0 Å². The van der Waals surface area contributed by atoms with Crippen LogP contribution >= 0.6 is 0 Å². The number of amides is 2. The third-order valence-corrected chi connectivity index (χ3v) is 5.52. The summed E-state index contributed by atoms with van der Waals surface area (Å²) in [5.74, 6) is 1.43. The van der Waals surface area contributed by atoms with Crippen LogP contribution in [-0.4, -0.2) is 61.4 Å². The number of carbonyl (C=O) groups is 2. The van der Waals surface area contributed by atoms with Gasteiger partial charge in [-0.25, -0.2) is 0 Å². The highest BCUT2D eigenvalue weighted by Gasteiger charge is 2.37. The Balaban J connectivity index is 1.30. The van der Waals surface area contributed by atoms with Crippen molar-refractivity contribution >= 4 is 17.5 Å². The summed E-state index contributed by atoms with van der Waals surface area (Å²) >= 11 is 0. The Morgan fingerprint density at radius 3 is 2.54 bits per heavy atom. The van der Waals surface area contributed by atoms with E-state index in [9.17, 15) is 9.59 Å². The molecule has 3 heterocycles. The van der Waals surface area contributed by atoms with Gasteiger partial charge in [0.25, 0.3) is 0 Å². The number of hydrogen-bond acceptors (Lipinski definition) is 5. The number of likely N-dealkylation sites (tertiary alicyclic amines) is 1. The van der Waals surface area contributed by atoms with Crippen LogP contribution in [0.5, 0.6) is 5.75 Å². The summed E-state index contributed by atoms with van der Waals surface area (Å²) in [6.07, 6.45) is 1.89. The average Bonchev–Trinajstić information content (AvgIpc) is 3.38. The van der Waals surface area contributed by atoms with Crippen LogP contribution in [0.1, 0.15) is 12.2 Å². The molecule has 1 aromatic carbocycles. The van der Waals surface area contributed by atoms with Gasteiger partial charge in [0.1, 0.15) is 11.5 Å². The normalized spacial score (nSPS) is 20.0. The predicted molar refractivity (Wildman–Crippen MR) is 104 cm³/mol. The molecule has 7 nitrogen and oxygen atoms in total. The molecule has 0 saturated carbocycles. The first-order chi connectivity index (χ1) is 13.6. The number of nitrogens with zero attached hydrogens (tertiary/aromatic N) is 3. The number of carbonyl (C=O) groups excluding carboxylic acids is 2. The zero-order chi connectivity index (χ0) is 19.5. The zero-order valence-electron chi connectivity index (χ0n) is 16.0. The number of furan rings is 1. The fourth-order valence-electron chi connectivity index (χ4n) is 3.92. The zero-order valence-corrected chi connectivity index (χ0v) is 16.0. The minimum Gasteiger partial charge on any atom is -0.497 e. The Bertz CT molecular complexity index is 811. The minimum atomic E-state index is -0.255. The lowest BCUT2D eigenvalue weighted by molar-refractivity contribution is -0.136. The van der Waals surface area contributed by atoms with Crippen molar-refractivity contribution in [1.82, 2.24) is 9.80 Å². The fourth-order valence-corrected chi connectivity index (χ4v) is 3.92. The van der Waals surface area contributed by atoms with Crippen LogP contribution in [0.3, 0.4) is 0 Å². The highest BCUT2D eigenvalue weighted by molar-refractivity contribution is 5.89. The van der Waals surface area contributed by atoms with Crippen molar-refractivity contribution < 1.29 is 18.7 Å². The highest BCUT2D eigenvalue weighted by Crippen LogP contribution is 2.24. The average molecular weight is 383 g/mol. The summed E-state index contributed by atoms with van der Waals surface area (Å²) in [5.41, 5.74) is 1.13. The molecule has 148 valence electrons. The van der Waals surface area contributed by atoms with E-state index in [1.165, 1.54) is 0 Å². The Morgan fingerprint density at radius 2 is 1.89 bits per heavy atom. The van der Waals surface area contributed by atoms with Crippen LogP contribution in [0.25, 0.3) is 0 Å². The molecule has 0 N–H and O–H groups in total. The van der Waals surface area contributed by atoms with Gasteiger partial charge in [-0.1, -0.05) is 0 Å². The van der Waals surface area contributed by atoms with Gasteiger partial charge in [0.15, 0.2) is 0 Å². The van der Waals surface area contributed by atoms with Crippen LogP contribution in [0, 0.1) is 5.92 Å². The standard InChI is InChI=1S/C21H25N3O4/c1-27-18-6-4-17(5-7-18)22-8-10-23(11-9-22)21(26)16-13-20(25)24(14-16)15-19-3-2-12-28-19/h2-7,12,16H,8-11,13-15H2,1H3. The number of hydrogen-bond donors (Lipinski definition) is 0. The first-order valence-corrected chi connectivity index (χ1v) is 9.62. The molecule has 7 heteroatoms. The number of methoxy groups -OCH3 is 1. The second-order valence-corrected chi connectivity index (χ2v) is 7.27. The molecule has 2 aliphatic rings. The van der Waals surface area contributed by atoms with Gasteiger partial charge in [0, 0.05) is 44.8 Å². The second kappa shape index (κ2) is 7.96. The van der Waals surface area contributed by atoms with E-state index in [0.717, 1.165) is 30.3 Å². The summed E-state index contributed by atoms with van der Waals surface area (Å²) in [4.78, 5) is 31.1. The molecule has 1 atom stereocenters. The lowest BCUT2D eigenvalue weighted by Gasteiger charge is -2.37. The van der Waals surface area contributed by atoms with E-state index in [-0.39, 0.29) is 24.2 Å². The topological polar surface area (TPSA) is 66.2 Å². The Morgan fingerprint density at radius 1 is 1.14 bits per heavy atom. The minimum absolute atomic E-state index is 0.0200. The lowest BCUT2D eigenvalue weighted by atomic mass is 10.1. The maximum atomic E-state index is 12.9. The molecule has 0 spiro atoms. The van der Waals surface area contributed by atoms with Gasteiger partial charge in [-0.3, -0.25) is 9.59 Å². The predicted octanol–water partition coefficient (Wildman–Crippen LogP) is 1.99. The molecular weight excluding hydrogens is 358 g/mol. The van der Waals surface area contributed by atoms with Gasteiger partial charge in [-0.05, 0) is 36.4 Å². The van der Waals surface area contributed by atoms with Gasteiger partial charge >= 0.3 is 0 Å². The first kappa shape index (κ1) is 18.4. The van der Waals surface area contributed by atoms with E-state index >= 15 is 0 Å². The van der Waals surface area contributed by atoms with Gasteiger partial charge in [-0.15, -0.1) is 0 Å². The third-order valence-electron chi connectivity index (χ3n) is 5.52. The van der Waals surface area contributed by atoms with E-state index in [1.807, 2.05) is 35.2 Å². The summed E-state index contributed by atoms with van der Waals surface area (Å²) in [7, 11) is 1.66. The molecule has 1 unspecified atom stereocenters. The van der Waals surface area contributed by atoms with Crippen LogP contribution in [0.4, 0.5) is 5.69 Å². The van der Waals surface area contributed by atoms with Gasteiger partial charge < -0.3 is 23.9 Å². The van der Waals surface area contributed by atoms with Crippen LogP contribution in [0.2, 0.25) is 0 Å². The first-order valence-electron chi connectivity index (χ1n) is 9.62. The molecule has 0 bridgehead atoms. The largest absolute Gasteiger partial charge is 0.497 e. The highest BCUT2D eigenvalue weighted by atomic mass is 16.5. The summed E-state index contributed by atoms with van der Waals surface area (Å²) in [6.45, 7) is 3.82. The molecule has 0 radical (unpaired) electrons. The van der Waals surface area contributed by atoms with E-state index in [2.05, 4.69) is 4.90 Å². The fraction of sp³-hybridized carbons (Fsp3) is 0.429. The Labute approximate surface area is 164 Å². The van der Waals surface area contributed by atoms with Crippen molar-refractivity contribution in [2.45, 2.75) is 13.0 Å². The number of anilines is 1. The van der Waals surface area contributed by atoms with Crippen molar-refractivity contribution in [3.8, 4) is 5.75 Å². The van der Waals surface area contributed by atoms with Crippen LogP contribution < -0.4 is 9.64 Å². The molecule has 2 saturated heterocycles. The summed E-state index contributed by atoms with van der Waals surface area (Å²) < 4.78 is 10.5. The number of benzene rings is 1. The summed E-state index contributed by atoms with van der Waals surface area (Å²) in [5, 5.41) is 0. The van der Waals surface area contributed by atoms with Crippen LogP contribution in [-0.2, 0) is 16.1 Å². The molecule has 2 fully saturated rings. The molecule has 2 aliphatic heterocycles.